The van der Waals surface area contributed by atoms with Crippen molar-refractivity contribution >= 4 is 11.9 Å². The molecule has 0 unspecified atom stereocenters. The Morgan fingerprint density at radius 1 is 1.35 bits per heavy atom. The molecule has 0 aliphatic carbocycles. The summed E-state index contributed by atoms with van der Waals surface area (Å²) >= 11 is 0. The zero-order valence-electron chi connectivity index (χ0n) is 9.16. The maximum atomic E-state index is 11.0. The Morgan fingerprint density at radius 2 is 2.12 bits per heavy atom. The molecule has 0 fully saturated rings. The van der Waals surface area contributed by atoms with Crippen LogP contribution in [0.25, 0.3) is 0 Å². The predicted octanol–water partition coefficient (Wildman–Crippen LogP) is 0.786. The second-order valence-electron chi connectivity index (χ2n) is 2.88. The van der Waals surface area contributed by atoms with Crippen molar-refractivity contribution in [2.24, 2.45) is 0 Å². The highest BCUT2D eigenvalue weighted by Gasteiger charge is 2.01. The highest BCUT2D eigenvalue weighted by molar-refractivity contribution is 5.91. The van der Waals surface area contributed by atoms with E-state index in [2.05, 4.69) is 19.5 Å². The van der Waals surface area contributed by atoms with E-state index in [1.807, 2.05) is 0 Å². The molecule has 1 rings (SSSR count). The normalized spacial score (nSPS) is 10.2. The van der Waals surface area contributed by atoms with Gasteiger partial charge >= 0.3 is 11.9 Å². The number of hydrogen-bond acceptors (Lipinski definition) is 6. The maximum absolute atomic E-state index is 11.0. The van der Waals surface area contributed by atoms with Crippen LogP contribution in [0.4, 0.5) is 0 Å². The molecule has 0 bridgehead atoms. The van der Waals surface area contributed by atoms with Crippen molar-refractivity contribution in [3.63, 3.8) is 0 Å². The van der Waals surface area contributed by atoms with E-state index in [0.717, 1.165) is 17.7 Å². The summed E-state index contributed by atoms with van der Waals surface area (Å²) in [6.07, 6.45) is 5.05. The van der Waals surface area contributed by atoms with E-state index >= 15 is 0 Å². The molecule has 1 aromatic rings. The van der Waals surface area contributed by atoms with Gasteiger partial charge in [0.05, 0.1) is 7.11 Å². The van der Waals surface area contributed by atoms with Crippen LogP contribution < -0.4 is 0 Å². The van der Waals surface area contributed by atoms with Gasteiger partial charge in [-0.2, -0.15) is 4.89 Å². The SMILES string of the molecule is COC(=O)/C=C/C(=O)OOCc1cccnc1. The topological polar surface area (TPSA) is 74.7 Å². The minimum atomic E-state index is -0.792. The fraction of sp³-hybridized carbons (Fsp3) is 0.182. The van der Waals surface area contributed by atoms with E-state index in [1.165, 1.54) is 7.11 Å². The quantitative estimate of drug-likeness (QED) is 0.326. The fourth-order valence-corrected chi connectivity index (χ4v) is 0.871. The third-order valence-electron chi connectivity index (χ3n) is 1.65. The van der Waals surface area contributed by atoms with Crippen molar-refractivity contribution in [3.8, 4) is 0 Å². The van der Waals surface area contributed by atoms with Crippen molar-refractivity contribution in [2.75, 3.05) is 7.11 Å². The molecule has 1 aromatic heterocycles. The lowest BCUT2D eigenvalue weighted by Gasteiger charge is -2.00. The monoisotopic (exact) mass is 237 g/mol. The fourth-order valence-electron chi connectivity index (χ4n) is 0.871. The summed E-state index contributed by atoms with van der Waals surface area (Å²) in [5, 5.41) is 0. The molecule has 0 N–H and O–H groups in total. The first kappa shape index (κ1) is 12.9. The molecule has 0 aliphatic heterocycles. The number of ether oxygens (including phenoxy) is 1. The van der Waals surface area contributed by atoms with Crippen molar-refractivity contribution in [2.45, 2.75) is 6.61 Å². The summed E-state index contributed by atoms with van der Waals surface area (Å²) in [6, 6.07) is 3.50. The lowest BCUT2D eigenvalue weighted by Crippen LogP contribution is -2.04. The van der Waals surface area contributed by atoms with Crippen LogP contribution in [0.1, 0.15) is 5.56 Å². The smallest absolute Gasteiger partial charge is 0.366 e. The molecule has 0 radical (unpaired) electrons. The van der Waals surface area contributed by atoms with Crippen molar-refractivity contribution in [3.05, 3.63) is 42.2 Å². The number of hydrogen-bond donors (Lipinski definition) is 0. The molecule has 6 nitrogen and oxygen atoms in total. The van der Waals surface area contributed by atoms with Gasteiger partial charge < -0.3 is 4.74 Å². The molecule has 0 saturated heterocycles. The summed E-state index contributed by atoms with van der Waals surface area (Å²) in [4.78, 5) is 34.5. The first-order valence-corrected chi connectivity index (χ1v) is 4.70. The van der Waals surface area contributed by atoms with Gasteiger partial charge in [-0.15, -0.1) is 0 Å². The molecule has 0 saturated carbocycles. The minimum absolute atomic E-state index is 0.0889. The molecule has 0 amide bonds. The van der Waals surface area contributed by atoms with Gasteiger partial charge in [0.2, 0.25) is 0 Å². The first-order valence-electron chi connectivity index (χ1n) is 4.70. The van der Waals surface area contributed by atoms with E-state index in [1.54, 1.807) is 24.5 Å². The Labute approximate surface area is 97.7 Å². The Balaban J connectivity index is 2.25. The standard InChI is InChI=1S/C11H11NO5/c1-15-10(13)4-5-11(14)17-16-8-9-3-2-6-12-7-9/h2-7H,8H2,1H3/b5-4+. The van der Waals surface area contributed by atoms with Gasteiger partial charge in [0, 0.05) is 30.1 Å². The van der Waals surface area contributed by atoms with Crippen LogP contribution in [0.2, 0.25) is 0 Å². The van der Waals surface area contributed by atoms with Gasteiger partial charge in [-0.25, -0.2) is 9.59 Å². The van der Waals surface area contributed by atoms with Gasteiger partial charge in [0.15, 0.2) is 0 Å². The lowest BCUT2D eigenvalue weighted by atomic mass is 10.3. The highest BCUT2D eigenvalue weighted by atomic mass is 17.2. The number of carbonyl (C=O) groups is 2. The first-order chi connectivity index (χ1) is 8.22. The molecule has 0 aliphatic rings. The number of methoxy groups -OCH3 is 1. The molecule has 0 aromatic carbocycles. The van der Waals surface area contributed by atoms with Crippen LogP contribution in [-0.4, -0.2) is 24.0 Å². The van der Waals surface area contributed by atoms with Gasteiger partial charge in [-0.3, -0.25) is 9.87 Å². The summed E-state index contributed by atoms with van der Waals surface area (Å²) in [5.74, 6) is -1.44. The third kappa shape index (κ3) is 5.43. The molecule has 90 valence electrons. The Morgan fingerprint density at radius 3 is 2.76 bits per heavy atom. The van der Waals surface area contributed by atoms with E-state index in [-0.39, 0.29) is 6.61 Å². The highest BCUT2D eigenvalue weighted by Crippen LogP contribution is 1.98. The number of rotatable bonds is 5. The summed E-state index contributed by atoms with van der Waals surface area (Å²) in [7, 11) is 1.21. The van der Waals surface area contributed by atoms with Crippen LogP contribution in [0.5, 0.6) is 0 Å². The number of esters is 1. The second-order valence-corrected chi connectivity index (χ2v) is 2.88. The van der Waals surface area contributed by atoms with E-state index in [9.17, 15) is 9.59 Å². The average Bonchev–Trinajstić information content (AvgIpc) is 2.37. The Kier molecular flexibility index (Phi) is 5.39. The van der Waals surface area contributed by atoms with Gasteiger partial charge in [0.1, 0.15) is 6.61 Å². The van der Waals surface area contributed by atoms with Crippen LogP contribution in [-0.2, 0) is 30.7 Å². The van der Waals surface area contributed by atoms with E-state index in [4.69, 9.17) is 0 Å². The number of nitrogens with zero attached hydrogens (tertiary/aromatic N) is 1. The van der Waals surface area contributed by atoms with Crippen LogP contribution in [0.3, 0.4) is 0 Å². The van der Waals surface area contributed by atoms with E-state index < -0.39 is 11.9 Å². The average molecular weight is 237 g/mol. The third-order valence-corrected chi connectivity index (χ3v) is 1.65. The predicted molar refractivity (Wildman–Crippen MR) is 56.3 cm³/mol. The Bertz CT molecular complexity index is 402. The summed E-state index contributed by atoms with van der Waals surface area (Å²) in [5.41, 5.74) is 0.761. The van der Waals surface area contributed by atoms with Crippen LogP contribution in [0, 0.1) is 0 Å². The number of carbonyl (C=O) groups excluding carboxylic acids is 2. The van der Waals surface area contributed by atoms with Crippen LogP contribution >= 0.6 is 0 Å². The van der Waals surface area contributed by atoms with Crippen molar-refractivity contribution in [1.29, 1.82) is 0 Å². The van der Waals surface area contributed by atoms with Crippen molar-refractivity contribution in [1.82, 2.24) is 4.98 Å². The van der Waals surface area contributed by atoms with Gasteiger partial charge in [0.25, 0.3) is 0 Å². The van der Waals surface area contributed by atoms with E-state index in [0.29, 0.717) is 0 Å². The zero-order chi connectivity index (χ0) is 12.5. The van der Waals surface area contributed by atoms with Crippen molar-refractivity contribution < 1.29 is 24.1 Å². The molecular formula is C11H11NO5. The molecule has 6 heteroatoms. The number of aromatic nitrogens is 1. The molecule has 17 heavy (non-hydrogen) atoms. The van der Waals surface area contributed by atoms with Gasteiger partial charge in [-0.05, 0) is 6.07 Å². The molecule has 1 heterocycles. The van der Waals surface area contributed by atoms with Crippen LogP contribution in [0.15, 0.2) is 36.7 Å². The summed E-state index contributed by atoms with van der Waals surface area (Å²) in [6.45, 7) is 0.0889. The lowest BCUT2D eigenvalue weighted by molar-refractivity contribution is -0.275. The summed E-state index contributed by atoms with van der Waals surface area (Å²) < 4.78 is 4.29. The molecule has 0 atom stereocenters. The molecule has 0 spiro atoms. The largest absolute Gasteiger partial charge is 0.466 e. The molecular weight excluding hydrogens is 226 g/mol. The second kappa shape index (κ2) is 7.13. The zero-order valence-corrected chi connectivity index (χ0v) is 9.16. The Hall–Kier alpha value is -2.21. The minimum Gasteiger partial charge on any atom is -0.466 e. The number of pyridine rings is 1. The van der Waals surface area contributed by atoms with Gasteiger partial charge in [-0.1, -0.05) is 6.07 Å². The maximum Gasteiger partial charge on any atom is 0.366 e.